The zero-order valence-corrected chi connectivity index (χ0v) is 10.4. The third kappa shape index (κ3) is 2.48. The van der Waals surface area contributed by atoms with Crippen LogP contribution in [0.4, 0.5) is 0 Å². The molecule has 0 fully saturated rings. The maximum absolute atomic E-state index is 10.3. The van der Waals surface area contributed by atoms with Crippen molar-refractivity contribution in [2.75, 3.05) is 7.05 Å². The SMILES string of the molecule is CCC(NC)C(O)c1ccc2ccccc2c1. The summed E-state index contributed by atoms with van der Waals surface area (Å²) < 4.78 is 0. The van der Waals surface area contributed by atoms with E-state index in [4.69, 9.17) is 0 Å². The molecule has 0 heterocycles. The number of hydrogen-bond acceptors (Lipinski definition) is 2. The largest absolute Gasteiger partial charge is 0.387 e. The summed E-state index contributed by atoms with van der Waals surface area (Å²) in [5.41, 5.74) is 0.977. The lowest BCUT2D eigenvalue weighted by atomic mass is 9.98. The fourth-order valence-electron chi connectivity index (χ4n) is 2.21. The molecule has 2 nitrogen and oxygen atoms in total. The van der Waals surface area contributed by atoms with Crippen LogP contribution >= 0.6 is 0 Å². The topological polar surface area (TPSA) is 32.3 Å². The third-order valence-electron chi connectivity index (χ3n) is 3.31. The lowest BCUT2D eigenvalue weighted by Crippen LogP contribution is -2.31. The number of aliphatic hydroxyl groups excluding tert-OH is 1. The summed E-state index contributed by atoms with van der Waals surface area (Å²) in [4.78, 5) is 0. The Morgan fingerprint density at radius 2 is 1.82 bits per heavy atom. The minimum absolute atomic E-state index is 0.108. The van der Waals surface area contributed by atoms with E-state index >= 15 is 0 Å². The molecule has 0 aliphatic carbocycles. The molecule has 0 radical (unpaired) electrons. The summed E-state index contributed by atoms with van der Waals surface area (Å²) in [7, 11) is 1.89. The van der Waals surface area contributed by atoms with Crippen molar-refractivity contribution in [3.8, 4) is 0 Å². The van der Waals surface area contributed by atoms with Crippen LogP contribution < -0.4 is 5.32 Å². The first-order valence-electron chi connectivity index (χ1n) is 6.10. The van der Waals surface area contributed by atoms with Gasteiger partial charge in [-0.15, -0.1) is 0 Å². The van der Waals surface area contributed by atoms with Crippen LogP contribution in [-0.2, 0) is 0 Å². The molecule has 2 unspecified atom stereocenters. The maximum Gasteiger partial charge on any atom is 0.0942 e. The summed E-state index contributed by atoms with van der Waals surface area (Å²) >= 11 is 0. The van der Waals surface area contributed by atoms with Crippen molar-refractivity contribution in [2.45, 2.75) is 25.5 Å². The van der Waals surface area contributed by atoms with E-state index in [1.54, 1.807) is 0 Å². The second-order valence-corrected chi connectivity index (χ2v) is 4.35. The minimum atomic E-state index is -0.449. The summed E-state index contributed by atoms with van der Waals surface area (Å²) in [6.45, 7) is 2.07. The van der Waals surface area contributed by atoms with Gasteiger partial charge in [0.25, 0.3) is 0 Å². The van der Waals surface area contributed by atoms with E-state index in [2.05, 4.69) is 36.5 Å². The molecular formula is C15H19NO. The number of benzene rings is 2. The van der Waals surface area contributed by atoms with Crippen molar-refractivity contribution in [1.29, 1.82) is 0 Å². The Morgan fingerprint density at radius 3 is 2.47 bits per heavy atom. The van der Waals surface area contributed by atoms with Gasteiger partial charge in [0.05, 0.1) is 6.10 Å². The van der Waals surface area contributed by atoms with Gasteiger partial charge < -0.3 is 10.4 Å². The number of fused-ring (bicyclic) bond motifs is 1. The van der Waals surface area contributed by atoms with Gasteiger partial charge >= 0.3 is 0 Å². The Bertz CT molecular complexity index is 491. The second-order valence-electron chi connectivity index (χ2n) is 4.35. The minimum Gasteiger partial charge on any atom is -0.387 e. The fourth-order valence-corrected chi connectivity index (χ4v) is 2.21. The van der Waals surface area contributed by atoms with Gasteiger partial charge in [-0.1, -0.05) is 43.3 Å². The van der Waals surface area contributed by atoms with Crippen LogP contribution in [0.3, 0.4) is 0 Å². The van der Waals surface area contributed by atoms with Crippen LogP contribution in [0, 0.1) is 0 Å². The van der Waals surface area contributed by atoms with E-state index < -0.39 is 6.10 Å². The molecule has 0 aliphatic rings. The van der Waals surface area contributed by atoms with Gasteiger partial charge in [-0.05, 0) is 35.9 Å². The molecular weight excluding hydrogens is 210 g/mol. The molecule has 2 rings (SSSR count). The first-order valence-corrected chi connectivity index (χ1v) is 6.10. The number of aliphatic hydroxyl groups is 1. The highest BCUT2D eigenvalue weighted by atomic mass is 16.3. The van der Waals surface area contributed by atoms with Crippen molar-refractivity contribution in [1.82, 2.24) is 5.32 Å². The quantitative estimate of drug-likeness (QED) is 0.845. The van der Waals surface area contributed by atoms with Crippen LogP contribution in [0.1, 0.15) is 25.0 Å². The average Bonchev–Trinajstić information content (AvgIpc) is 2.39. The molecule has 2 atom stereocenters. The third-order valence-corrected chi connectivity index (χ3v) is 3.31. The van der Waals surface area contributed by atoms with Crippen molar-refractivity contribution in [3.63, 3.8) is 0 Å². The Labute approximate surface area is 102 Å². The molecule has 0 spiro atoms. The molecule has 2 heteroatoms. The maximum atomic E-state index is 10.3. The number of likely N-dealkylation sites (N-methyl/N-ethyl adjacent to an activating group) is 1. The Hall–Kier alpha value is -1.38. The highest BCUT2D eigenvalue weighted by Gasteiger charge is 2.17. The number of rotatable bonds is 4. The summed E-state index contributed by atoms with van der Waals surface area (Å²) in [6, 6.07) is 14.5. The molecule has 2 aromatic rings. The molecule has 0 bridgehead atoms. The Balaban J connectivity index is 2.35. The molecule has 0 saturated heterocycles. The summed E-state index contributed by atoms with van der Waals surface area (Å²) in [6.07, 6.45) is 0.458. The monoisotopic (exact) mass is 229 g/mol. The van der Waals surface area contributed by atoms with Crippen molar-refractivity contribution in [2.24, 2.45) is 0 Å². The Kier molecular flexibility index (Phi) is 3.77. The van der Waals surface area contributed by atoms with E-state index in [1.165, 1.54) is 10.8 Å². The first-order chi connectivity index (χ1) is 8.26. The van der Waals surface area contributed by atoms with E-state index in [9.17, 15) is 5.11 Å². The van der Waals surface area contributed by atoms with Crippen LogP contribution in [0.15, 0.2) is 42.5 Å². The molecule has 0 saturated carbocycles. The zero-order chi connectivity index (χ0) is 12.3. The zero-order valence-electron chi connectivity index (χ0n) is 10.4. The predicted octanol–water partition coefficient (Wildman–Crippen LogP) is 2.87. The average molecular weight is 229 g/mol. The van der Waals surface area contributed by atoms with Gasteiger partial charge in [-0.3, -0.25) is 0 Å². The van der Waals surface area contributed by atoms with E-state index in [1.807, 2.05) is 25.2 Å². The van der Waals surface area contributed by atoms with Gasteiger partial charge in [-0.2, -0.15) is 0 Å². The van der Waals surface area contributed by atoms with Gasteiger partial charge in [-0.25, -0.2) is 0 Å². The Morgan fingerprint density at radius 1 is 1.12 bits per heavy atom. The van der Waals surface area contributed by atoms with Gasteiger partial charge in [0.2, 0.25) is 0 Å². The summed E-state index contributed by atoms with van der Waals surface area (Å²) in [5.74, 6) is 0. The molecule has 2 N–H and O–H groups in total. The molecule has 90 valence electrons. The molecule has 17 heavy (non-hydrogen) atoms. The smallest absolute Gasteiger partial charge is 0.0942 e. The van der Waals surface area contributed by atoms with Crippen LogP contribution in [-0.4, -0.2) is 18.2 Å². The van der Waals surface area contributed by atoms with E-state index in [0.29, 0.717) is 0 Å². The van der Waals surface area contributed by atoms with Gasteiger partial charge in [0, 0.05) is 6.04 Å². The normalized spacial score (nSPS) is 14.8. The van der Waals surface area contributed by atoms with Gasteiger partial charge in [0.1, 0.15) is 0 Å². The van der Waals surface area contributed by atoms with E-state index in [0.717, 1.165) is 12.0 Å². The second kappa shape index (κ2) is 5.30. The standard InChI is InChI=1S/C15H19NO/c1-3-14(16-2)15(17)13-9-8-11-6-4-5-7-12(11)10-13/h4-10,14-17H,3H2,1-2H3. The predicted molar refractivity (Wildman–Crippen MR) is 72.0 cm³/mol. The number of hydrogen-bond donors (Lipinski definition) is 2. The molecule has 0 aromatic heterocycles. The van der Waals surface area contributed by atoms with E-state index in [-0.39, 0.29) is 6.04 Å². The lowest BCUT2D eigenvalue weighted by molar-refractivity contribution is 0.130. The first kappa shape index (κ1) is 12.1. The lowest BCUT2D eigenvalue weighted by Gasteiger charge is -2.21. The fraction of sp³-hybridized carbons (Fsp3) is 0.333. The molecule has 0 aliphatic heterocycles. The van der Waals surface area contributed by atoms with Gasteiger partial charge in [0.15, 0.2) is 0 Å². The van der Waals surface area contributed by atoms with Crippen molar-refractivity contribution < 1.29 is 5.11 Å². The van der Waals surface area contributed by atoms with Crippen LogP contribution in [0.2, 0.25) is 0 Å². The van der Waals surface area contributed by atoms with Crippen LogP contribution in [0.5, 0.6) is 0 Å². The molecule has 0 amide bonds. The van der Waals surface area contributed by atoms with Crippen LogP contribution in [0.25, 0.3) is 10.8 Å². The highest BCUT2D eigenvalue weighted by molar-refractivity contribution is 5.83. The molecule has 2 aromatic carbocycles. The van der Waals surface area contributed by atoms with Crippen molar-refractivity contribution >= 4 is 10.8 Å². The number of nitrogens with one attached hydrogen (secondary N) is 1. The summed E-state index contributed by atoms with van der Waals surface area (Å²) in [5, 5.41) is 15.8. The highest BCUT2D eigenvalue weighted by Crippen LogP contribution is 2.23. The van der Waals surface area contributed by atoms with Crippen molar-refractivity contribution in [3.05, 3.63) is 48.0 Å².